The Morgan fingerprint density at radius 1 is 1.41 bits per heavy atom. The summed E-state index contributed by atoms with van der Waals surface area (Å²) in [6.07, 6.45) is 2.90. The third-order valence-electron chi connectivity index (χ3n) is 3.33. The van der Waals surface area contributed by atoms with Crippen molar-refractivity contribution in [2.45, 2.75) is 39.7 Å². The van der Waals surface area contributed by atoms with Crippen LogP contribution in [0.1, 0.15) is 32.3 Å². The highest BCUT2D eigenvalue weighted by Gasteiger charge is 2.30. The molecule has 1 amide bonds. The van der Waals surface area contributed by atoms with Crippen molar-refractivity contribution in [3.63, 3.8) is 0 Å². The molecule has 1 rings (SSSR count). The van der Waals surface area contributed by atoms with Crippen LogP contribution in [0.2, 0.25) is 5.02 Å². The molecule has 0 heterocycles. The first-order valence-electron chi connectivity index (χ1n) is 7.21. The van der Waals surface area contributed by atoms with E-state index in [1.807, 2.05) is 6.92 Å². The van der Waals surface area contributed by atoms with Crippen LogP contribution in [-0.4, -0.2) is 33.2 Å². The first kappa shape index (κ1) is 18.8. The Hall–Kier alpha value is -1.27. The molecule has 0 aromatic heterocycles. The summed E-state index contributed by atoms with van der Waals surface area (Å²) >= 11 is 5.98. The van der Waals surface area contributed by atoms with E-state index in [9.17, 15) is 13.2 Å². The van der Waals surface area contributed by atoms with Gasteiger partial charge in [-0.1, -0.05) is 31.0 Å². The van der Waals surface area contributed by atoms with Gasteiger partial charge in [-0.2, -0.15) is 0 Å². The molecule has 1 atom stereocenters. The minimum absolute atomic E-state index is 0.321. The largest absolute Gasteiger partial charge is 0.354 e. The number of hydrogen-bond donors (Lipinski definition) is 1. The average Bonchev–Trinajstić information content (AvgIpc) is 2.41. The second-order valence-corrected chi connectivity index (χ2v) is 7.61. The van der Waals surface area contributed by atoms with Crippen molar-refractivity contribution in [1.82, 2.24) is 5.32 Å². The maximum Gasteiger partial charge on any atom is 0.243 e. The molecule has 0 saturated carbocycles. The summed E-state index contributed by atoms with van der Waals surface area (Å²) in [6.45, 7) is 5.91. The molecule has 0 aliphatic heterocycles. The van der Waals surface area contributed by atoms with Gasteiger partial charge in [-0.05, 0) is 38.0 Å². The Kier molecular flexibility index (Phi) is 6.68. The number of nitrogens with one attached hydrogen (secondary N) is 1. The van der Waals surface area contributed by atoms with Gasteiger partial charge in [0.05, 0.1) is 11.9 Å². The third kappa shape index (κ3) is 4.88. The molecule has 0 saturated heterocycles. The molecule has 1 aromatic carbocycles. The van der Waals surface area contributed by atoms with Gasteiger partial charge in [-0.3, -0.25) is 9.10 Å². The Balaban J connectivity index is 3.14. The van der Waals surface area contributed by atoms with Gasteiger partial charge in [0.15, 0.2) is 0 Å². The summed E-state index contributed by atoms with van der Waals surface area (Å²) in [5, 5.41) is 3.19. The summed E-state index contributed by atoms with van der Waals surface area (Å²) < 4.78 is 25.5. The number of aryl methyl sites for hydroxylation is 1. The number of halogens is 1. The highest BCUT2D eigenvalue weighted by molar-refractivity contribution is 7.92. The molecule has 0 unspecified atom stereocenters. The average molecular weight is 347 g/mol. The fourth-order valence-electron chi connectivity index (χ4n) is 2.14. The topological polar surface area (TPSA) is 66.5 Å². The second kappa shape index (κ2) is 7.83. The summed E-state index contributed by atoms with van der Waals surface area (Å²) in [5.41, 5.74) is 1.16. The quantitative estimate of drug-likeness (QED) is 0.772. The standard InChI is InChI=1S/C15H23ClN2O3S/c1-5-6-9-17-15(19)12(3)18(22(4,20)21)14-10-13(16)8-7-11(14)2/h7-8,10,12H,5-6,9H2,1-4H3,(H,17,19)/t12-/m1/s1. The number of sulfonamides is 1. The molecule has 1 aromatic rings. The molecular formula is C15H23ClN2O3S. The van der Waals surface area contributed by atoms with Gasteiger partial charge >= 0.3 is 0 Å². The van der Waals surface area contributed by atoms with Crippen LogP contribution in [-0.2, 0) is 14.8 Å². The minimum atomic E-state index is -3.62. The van der Waals surface area contributed by atoms with Crippen molar-refractivity contribution in [3.05, 3.63) is 28.8 Å². The number of hydrogen-bond acceptors (Lipinski definition) is 3. The molecule has 0 spiro atoms. The first-order valence-corrected chi connectivity index (χ1v) is 9.44. The van der Waals surface area contributed by atoms with Crippen LogP contribution in [0.3, 0.4) is 0 Å². The molecule has 0 bridgehead atoms. The number of carbonyl (C=O) groups is 1. The van der Waals surface area contributed by atoms with Gasteiger partial charge < -0.3 is 5.32 Å². The van der Waals surface area contributed by atoms with Crippen LogP contribution in [0.5, 0.6) is 0 Å². The van der Waals surface area contributed by atoms with Crippen LogP contribution < -0.4 is 9.62 Å². The maximum atomic E-state index is 12.2. The SMILES string of the molecule is CCCCNC(=O)[C@@H](C)N(c1cc(Cl)ccc1C)S(C)(=O)=O. The molecule has 0 radical (unpaired) electrons. The smallest absolute Gasteiger partial charge is 0.243 e. The lowest BCUT2D eigenvalue weighted by molar-refractivity contribution is -0.121. The Morgan fingerprint density at radius 3 is 2.59 bits per heavy atom. The van der Waals surface area contributed by atoms with Crippen LogP contribution in [0.25, 0.3) is 0 Å². The molecule has 22 heavy (non-hydrogen) atoms. The number of unbranched alkanes of at least 4 members (excludes halogenated alkanes) is 1. The van der Waals surface area contributed by atoms with Crippen LogP contribution in [0, 0.1) is 6.92 Å². The van der Waals surface area contributed by atoms with E-state index >= 15 is 0 Å². The summed E-state index contributed by atoms with van der Waals surface area (Å²) in [7, 11) is -3.62. The molecule has 0 fully saturated rings. The summed E-state index contributed by atoms with van der Waals surface area (Å²) in [6, 6.07) is 4.14. The lowest BCUT2D eigenvalue weighted by Crippen LogP contribution is -2.48. The highest BCUT2D eigenvalue weighted by Crippen LogP contribution is 2.28. The number of rotatable bonds is 7. The zero-order valence-electron chi connectivity index (χ0n) is 13.4. The van der Waals surface area contributed by atoms with Gasteiger partial charge in [0.25, 0.3) is 0 Å². The zero-order valence-corrected chi connectivity index (χ0v) is 15.0. The van der Waals surface area contributed by atoms with Crippen molar-refractivity contribution in [3.8, 4) is 0 Å². The van der Waals surface area contributed by atoms with Gasteiger partial charge in [-0.25, -0.2) is 8.42 Å². The maximum absolute atomic E-state index is 12.2. The first-order chi connectivity index (χ1) is 10.2. The van der Waals surface area contributed by atoms with Gasteiger partial charge in [0.1, 0.15) is 6.04 Å². The predicted molar refractivity (Wildman–Crippen MR) is 90.9 cm³/mol. The molecule has 0 aliphatic rings. The van der Waals surface area contributed by atoms with Crippen molar-refractivity contribution >= 4 is 33.2 Å². The van der Waals surface area contributed by atoms with Crippen molar-refractivity contribution in [1.29, 1.82) is 0 Å². The molecule has 1 N–H and O–H groups in total. The Morgan fingerprint density at radius 2 is 2.05 bits per heavy atom. The van der Waals surface area contributed by atoms with E-state index in [4.69, 9.17) is 11.6 Å². The highest BCUT2D eigenvalue weighted by atomic mass is 35.5. The fraction of sp³-hybridized carbons (Fsp3) is 0.533. The van der Waals surface area contributed by atoms with E-state index < -0.39 is 16.1 Å². The van der Waals surface area contributed by atoms with E-state index in [1.54, 1.807) is 32.0 Å². The van der Waals surface area contributed by atoms with Gasteiger partial charge in [0.2, 0.25) is 15.9 Å². The summed E-state index contributed by atoms with van der Waals surface area (Å²) in [4.78, 5) is 12.2. The fourth-order valence-corrected chi connectivity index (χ4v) is 3.53. The van der Waals surface area contributed by atoms with Gasteiger partial charge in [0, 0.05) is 11.6 Å². The summed E-state index contributed by atoms with van der Waals surface area (Å²) in [5.74, 6) is -0.321. The van der Waals surface area contributed by atoms with Crippen molar-refractivity contribution in [2.75, 3.05) is 17.1 Å². The number of benzene rings is 1. The molecule has 5 nitrogen and oxygen atoms in total. The predicted octanol–water partition coefficient (Wildman–Crippen LogP) is 2.72. The number of carbonyl (C=O) groups excluding carboxylic acids is 1. The number of anilines is 1. The van der Waals surface area contributed by atoms with E-state index in [2.05, 4.69) is 5.32 Å². The number of nitrogens with zero attached hydrogens (tertiary/aromatic N) is 1. The normalized spacial score (nSPS) is 12.8. The minimum Gasteiger partial charge on any atom is -0.354 e. The molecular weight excluding hydrogens is 324 g/mol. The van der Waals surface area contributed by atoms with E-state index in [1.165, 1.54) is 0 Å². The third-order valence-corrected chi connectivity index (χ3v) is 4.79. The van der Waals surface area contributed by atoms with Crippen molar-refractivity contribution < 1.29 is 13.2 Å². The zero-order chi connectivity index (χ0) is 16.9. The molecule has 7 heteroatoms. The van der Waals surface area contributed by atoms with Crippen LogP contribution in [0.15, 0.2) is 18.2 Å². The molecule has 124 valence electrons. The molecule has 0 aliphatic carbocycles. The van der Waals surface area contributed by atoms with E-state index in [0.717, 1.165) is 29.0 Å². The van der Waals surface area contributed by atoms with Crippen LogP contribution >= 0.6 is 11.6 Å². The Bertz CT molecular complexity index is 632. The second-order valence-electron chi connectivity index (χ2n) is 5.31. The van der Waals surface area contributed by atoms with Crippen molar-refractivity contribution in [2.24, 2.45) is 0 Å². The lowest BCUT2D eigenvalue weighted by atomic mass is 10.1. The van der Waals surface area contributed by atoms with Gasteiger partial charge in [-0.15, -0.1) is 0 Å². The number of amides is 1. The van der Waals surface area contributed by atoms with Crippen LogP contribution in [0.4, 0.5) is 5.69 Å². The monoisotopic (exact) mass is 346 g/mol. The van der Waals surface area contributed by atoms with E-state index in [0.29, 0.717) is 17.3 Å². The Labute approximate surface area is 137 Å². The lowest BCUT2D eigenvalue weighted by Gasteiger charge is -2.29. The van der Waals surface area contributed by atoms with E-state index in [-0.39, 0.29) is 5.91 Å².